The van der Waals surface area contributed by atoms with Crippen molar-refractivity contribution >= 4 is 21.5 Å². The Morgan fingerprint density at radius 3 is 2.53 bits per heavy atom. The van der Waals surface area contributed by atoms with Gasteiger partial charge in [0.15, 0.2) is 0 Å². The number of rotatable bonds is 3. The molecule has 1 aromatic heterocycles. The molecule has 6 heteroatoms. The van der Waals surface area contributed by atoms with Gasteiger partial charge in [0.1, 0.15) is 5.82 Å². The van der Waals surface area contributed by atoms with Crippen LogP contribution in [0, 0.1) is 6.92 Å². The molecule has 1 heterocycles. The molecule has 1 aromatic carbocycles. The summed E-state index contributed by atoms with van der Waals surface area (Å²) in [5.41, 5.74) is 6.76. The maximum Gasteiger partial charge on any atom is 0.265 e. The summed E-state index contributed by atoms with van der Waals surface area (Å²) < 4.78 is 26.2. The van der Waals surface area contributed by atoms with E-state index in [0.717, 1.165) is 4.31 Å². The zero-order valence-electron chi connectivity index (χ0n) is 10.7. The van der Waals surface area contributed by atoms with E-state index < -0.39 is 10.0 Å². The second kappa shape index (κ2) is 4.89. The van der Waals surface area contributed by atoms with E-state index in [1.807, 2.05) is 0 Å². The molecule has 19 heavy (non-hydrogen) atoms. The predicted octanol–water partition coefficient (Wildman–Crippen LogP) is 1.80. The van der Waals surface area contributed by atoms with Crippen molar-refractivity contribution in [3.05, 3.63) is 48.2 Å². The number of nitrogens with two attached hydrogens (primary N) is 1. The molecular formula is C13H15N3O2S. The number of pyridine rings is 1. The van der Waals surface area contributed by atoms with Crippen LogP contribution in [0.25, 0.3) is 0 Å². The molecule has 2 N–H and O–H groups in total. The van der Waals surface area contributed by atoms with E-state index in [9.17, 15) is 8.42 Å². The highest BCUT2D eigenvalue weighted by molar-refractivity contribution is 7.92. The van der Waals surface area contributed by atoms with E-state index in [-0.39, 0.29) is 4.90 Å². The Labute approximate surface area is 112 Å². The van der Waals surface area contributed by atoms with Crippen LogP contribution in [-0.4, -0.2) is 20.4 Å². The molecule has 0 saturated heterocycles. The summed E-state index contributed by atoms with van der Waals surface area (Å²) in [6.07, 6.45) is 1.55. The Morgan fingerprint density at radius 1 is 1.16 bits per heavy atom. The Hall–Kier alpha value is -2.08. The molecule has 5 nitrogen and oxygen atoms in total. The Kier molecular flexibility index (Phi) is 3.44. The number of anilines is 2. The molecule has 0 saturated carbocycles. The van der Waals surface area contributed by atoms with Crippen molar-refractivity contribution in [1.82, 2.24) is 4.98 Å². The Balaban J connectivity index is 2.52. The summed E-state index contributed by atoms with van der Waals surface area (Å²) in [5.74, 6) is 0.365. The largest absolute Gasteiger partial charge is 0.398 e. The highest BCUT2D eigenvalue weighted by Gasteiger charge is 2.24. The van der Waals surface area contributed by atoms with E-state index in [4.69, 9.17) is 5.73 Å². The van der Waals surface area contributed by atoms with Crippen LogP contribution >= 0.6 is 0 Å². The van der Waals surface area contributed by atoms with Gasteiger partial charge in [0.05, 0.1) is 4.90 Å². The van der Waals surface area contributed by atoms with Gasteiger partial charge in [0.25, 0.3) is 10.0 Å². The van der Waals surface area contributed by atoms with Crippen LogP contribution in [0.15, 0.2) is 47.5 Å². The third-order valence-electron chi connectivity index (χ3n) is 2.94. The monoisotopic (exact) mass is 277 g/mol. The van der Waals surface area contributed by atoms with Crippen LogP contribution in [-0.2, 0) is 10.0 Å². The van der Waals surface area contributed by atoms with Crippen molar-refractivity contribution in [3.8, 4) is 0 Å². The van der Waals surface area contributed by atoms with Crippen LogP contribution in [0.5, 0.6) is 0 Å². The summed E-state index contributed by atoms with van der Waals surface area (Å²) in [6, 6.07) is 9.95. The number of sulfonamides is 1. The number of hydrogen-bond donors (Lipinski definition) is 1. The molecule has 0 spiro atoms. The van der Waals surface area contributed by atoms with E-state index >= 15 is 0 Å². The van der Waals surface area contributed by atoms with Gasteiger partial charge in [0.2, 0.25) is 0 Å². The lowest BCUT2D eigenvalue weighted by Gasteiger charge is -2.19. The molecule has 0 amide bonds. The molecule has 0 radical (unpaired) electrons. The van der Waals surface area contributed by atoms with Gasteiger partial charge < -0.3 is 5.73 Å². The van der Waals surface area contributed by atoms with Crippen LogP contribution in [0.4, 0.5) is 11.5 Å². The summed E-state index contributed by atoms with van der Waals surface area (Å²) >= 11 is 0. The lowest BCUT2D eigenvalue weighted by molar-refractivity contribution is 0.593. The topological polar surface area (TPSA) is 76.3 Å². The first-order valence-corrected chi connectivity index (χ1v) is 7.13. The lowest BCUT2D eigenvalue weighted by Crippen LogP contribution is -2.28. The van der Waals surface area contributed by atoms with E-state index in [1.165, 1.54) is 7.05 Å². The standard InChI is InChI=1S/C13H15N3O2S/c1-10-11(14)6-5-7-12(10)19(17,18)16(2)13-8-3-4-9-15-13/h3-9H,14H2,1-2H3. The second-order valence-corrected chi connectivity index (χ2v) is 6.07. The molecule has 0 aliphatic heterocycles. The zero-order valence-corrected chi connectivity index (χ0v) is 11.6. The van der Waals surface area contributed by atoms with Crippen LogP contribution in [0.3, 0.4) is 0 Å². The number of benzene rings is 1. The summed E-state index contributed by atoms with van der Waals surface area (Å²) in [6.45, 7) is 1.69. The molecule has 0 unspecified atom stereocenters. The highest BCUT2D eigenvalue weighted by atomic mass is 32.2. The van der Waals surface area contributed by atoms with Gasteiger partial charge in [-0.2, -0.15) is 0 Å². The van der Waals surface area contributed by atoms with Crippen molar-refractivity contribution < 1.29 is 8.42 Å². The Bertz CT molecular complexity index is 684. The highest BCUT2D eigenvalue weighted by Crippen LogP contribution is 2.25. The van der Waals surface area contributed by atoms with Gasteiger partial charge >= 0.3 is 0 Å². The van der Waals surface area contributed by atoms with Crippen molar-refractivity contribution in [2.24, 2.45) is 0 Å². The van der Waals surface area contributed by atoms with Gasteiger partial charge in [0, 0.05) is 18.9 Å². The molecule has 0 atom stereocenters. The molecule has 2 aromatic rings. The third-order valence-corrected chi connectivity index (χ3v) is 4.84. The summed E-state index contributed by atoms with van der Waals surface area (Å²) in [7, 11) is -2.18. The summed E-state index contributed by atoms with van der Waals surface area (Å²) in [4.78, 5) is 4.23. The fourth-order valence-corrected chi connectivity index (χ4v) is 3.13. The molecule has 0 aliphatic rings. The maximum atomic E-state index is 12.5. The first kappa shape index (κ1) is 13.4. The fraction of sp³-hybridized carbons (Fsp3) is 0.154. The first-order chi connectivity index (χ1) is 8.94. The minimum atomic E-state index is -3.65. The van der Waals surface area contributed by atoms with Gasteiger partial charge in [-0.25, -0.2) is 13.4 Å². The van der Waals surface area contributed by atoms with E-state index in [2.05, 4.69) is 4.98 Å². The number of nitrogen functional groups attached to an aromatic ring is 1. The molecule has 2 rings (SSSR count). The maximum absolute atomic E-state index is 12.5. The van der Waals surface area contributed by atoms with Crippen LogP contribution < -0.4 is 10.0 Å². The van der Waals surface area contributed by atoms with Gasteiger partial charge in [-0.05, 0) is 36.8 Å². The zero-order chi connectivity index (χ0) is 14.0. The van der Waals surface area contributed by atoms with Crippen molar-refractivity contribution in [2.75, 3.05) is 17.1 Å². The lowest BCUT2D eigenvalue weighted by atomic mass is 10.2. The predicted molar refractivity (Wildman–Crippen MR) is 75.4 cm³/mol. The molecular weight excluding hydrogens is 262 g/mol. The van der Waals surface area contributed by atoms with Crippen LogP contribution in [0.2, 0.25) is 0 Å². The number of hydrogen-bond acceptors (Lipinski definition) is 4. The van der Waals surface area contributed by atoms with Gasteiger partial charge in [-0.15, -0.1) is 0 Å². The quantitative estimate of drug-likeness (QED) is 0.868. The Morgan fingerprint density at radius 2 is 1.89 bits per heavy atom. The second-order valence-electron chi connectivity index (χ2n) is 4.13. The van der Waals surface area contributed by atoms with Crippen molar-refractivity contribution in [1.29, 1.82) is 0 Å². The average molecular weight is 277 g/mol. The van der Waals surface area contributed by atoms with E-state index in [1.54, 1.807) is 49.5 Å². The minimum Gasteiger partial charge on any atom is -0.398 e. The summed E-state index contributed by atoms with van der Waals surface area (Å²) in [5, 5.41) is 0. The minimum absolute atomic E-state index is 0.195. The molecule has 0 bridgehead atoms. The van der Waals surface area contributed by atoms with Crippen molar-refractivity contribution in [3.63, 3.8) is 0 Å². The molecule has 0 fully saturated rings. The van der Waals surface area contributed by atoms with Crippen LogP contribution in [0.1, 0.15) is 5.56 Å². The SMILES string of the molecule is Cc1c(N)cccc1S(=O)(=O)N(C)c1ccccn1. The first-order valence-electron chi connectivity index (χ1n) is 5.69. The van der Waals surface area contributed by atoms with Crippen molar-refractivity contribution in [2.45, 2.75) is 11.8 Å². The number of aromatic nitrogens is 1. The van der Waals surface area contributed by atoms with Gasteiger partial charge in [-0.3, -0.25) is 4.31 Å². The molecule has 0 aliphatic carbocycles. The smallest absolute Gasteiger partial charge is 0.265 e. The average Bonchev–Trinajstić information content (AvgIpc) is 2.41. The van der Waals surface area contributed by atoms with E-state index in [0.29, 0.717) is 17.1 Å². The molecule has 100 valence electrons. The third kappa shape index (κ3) is 2.39. The normalized spacial score (nSPS) is 11.3. The fourth-order valence-electron chi connectivity index (χ4n) is 1.72. The van der Waals surface area contributed by atoms with Gasteiger partial charge in [-0.1, -0.05) is 12.1 Å². The number of nitrogens with zero attached hydrogens (tertiary/aromatic N) is 2.